The van der Waals surface area contributed by atoms with Crippen molar-refractivity contribution in [3.8, 4) is 0 Å². The van der Waals surface area contributed by atoms with Crippen molar-refractivity contribution in [2.75, 3.05) is 4.72 Å². The Kier molecular flexibility index (Phi) is 6.10. The van der Waals surface area contributed by atoms with Crippen LogP contribution in [0.25, 0.3) is 0 Å². The van der Waals surface area contributed by atoms with Gasteiger partial charge in [-0.05, 0) is 46.8 Å². The summed E-state index contributed by atoms with van der Waals surface area (Å²) in [5, 5.41) is 8.67. The Bertz CT molecular complexity index is 1250. The molecule has 0 fully saturated rings. The van der Waals surface area contributed by atoms with Crippen LogP contribution in [-0.2, 0) is 23.1 Å². The van der Waals surface area contributed by atoms with E-state index < -0.39 is 10.0 Å². The van der Waals surface area contributed by atoms with Gasteiger partial charge in [0, 0.05) is 17.8 Å². The highest BCUT2D eigenvalue weighted by atomic mass is 32.2. The Morgan fingerprint density at radius 1 is 1.03 bits per heavy atom. The summed E-state index contributed by atoms with van der Waals surface area (Å²) in [6, 6.07) is 17.4. The first-order chi connectivity index (χ1) is 15.0. The molecule has 0 spiro atoms. The lowest BCUT2D eigenvalue weighted by atomic mass is 10.1. The highest BCUT2D eigenvalue weighted by Gasteiger charge is 2.15. The summed E-state index contributed by atoms with van der Waals surface area (Å²) >= 11 is 1.14. The molecule has 31 heavy (non-hydrogen) atoms. The van der Waals surface area contributed by atoms with Crippen LogP contribution in [0.15, 0.2) is 82.9 Å². The Labute approximate surface area is 183 Å². The molecule has 0 aliphatic carbocycles. The van der Waals surface area contributed by atoms with Crippen LogP contribution in [0.2, 0.25) is 0 Å². The van der Waals surface area contributed by atoms with Crippen molar-refractivity contribution < 1.29 is 13.2 Å². The second-order valence-electron chi connectivity index (χ2n) is 6.71. The standard InChI is InChI=1S/C21H19N5O3S2/c27-21(23-12-16-3-1-4-17(11-16)13-26-15-22-14-24-26)18-6-8-19(9-7-18)25-31(28,29)20-5-2-10-30-20/h1-11,14-15,25H,12-13H2,(H,23,27). The molecular formula is C21H19N5O3S2. The number of nitrogens with zero attached hydrogens (tertiary/aromatic N) is 3. The van der Waals surface area contributed by atoms with Gasteiger partial charge in [0.05, 0.1) is 6.54 Å². The van der Waals surface area contributed by atoms with Gasteiger partial charge in [-0.3, -0.25) is 9.52 Å². The molecule has 0 aliphatic rings. The second kappa shape index (κ2) is 9.11. The lowest BCUT2D eigenvalue weighted by molar-refractivity contribution is 0.0951. The molecule has 0 atom stereocenters. The first-order valence-corrected chi connectivity index (χ1v) is 11.7. The van der Waals surface area contributed by atoms with Gasteiger partial charge >= 0.3 is 0 Å². The first kappa shape index (κ1) is 20.8. The SMILES string of the molecule is O=C(NCc1cccc(Cn2cncn2)c1)c1ccc(NS(=O)(=O)c2cccs2)cc1. The van der Waals surface area contributed by atoms with Crippen molar-refractivity contribution in [2.45, 2.75) is 17.3 Å². The summed E-state index contributed by atoms with van der Waals surface area (Å²) in [4.78, 5) is 16.4. The van der Waals surface area contributed by atoms with E-state index in [9.17, 15) is 13.2 Å². The van der Waals surface area contributed by atoms with Gasteiger partial charge in [0.25, 0.3) is 15.9 Å². The van der Waals surface area contributed by atoms with Crippen molar-refractivity contribution in [2.24, 2.45) is 0 Å². The van der Waals surface area contributed by atoms with Gasteiger partial charge < -0.3 is 5.32 Å². The Balaban J connectivity index is 1.35. The van der Waals surface area contributed by atoms with Crippen LogP contribution in [-0.4, -0.2) is 29.1 Å². The van der Waals surface area contributed by atoms with Gasteiger partial charge in [0.15, 0.2) is 0 Å². The third kappa shape index (κ3) is 5.36. The fraction of sp³-hybridized carbons (Fsp3) is 0.0952. The normalized spacial score (nSPS) is 11.2. The Hall–Kier alpha value is -3.50. The average molecular weight is 454 g/mol. The number of sulfonamides is 1. The number of amides is 1. The molecule has 0 bridgehead atoms. The van der Waals surface area contributed by atoms with E-state index in [-0.39, 0.29) is 10.1 Å². The van der Waals surface area contributed by atoms with E-state index in [4.69, 9.17) is 0 Å². The fourth-order valence-electron chi connectivity index (χ4n) is 2.94. The summed E-state index contributed by atoms with van der Waals surface area (Å²) in [6.45, 7) is 0.974. The smallest absolute Gasteiger partial charge is 0.271 e. The molecule has 2 aromatic heterocycles. The molecule has 1 amide bonds. The number of carbonyl (C=O) groups excluding carboxylic acids is 1. The van der Waals surface area contributed by atoms with Crippen molar-refractivity contribution in [1.82, 2.24) is 20.1 Å². The van der Waals surface area contributed by atoms with E-state index in [2.05, 4.69) is 20.1 Å². The number of nitrogens with one attached hydrogen (secondary N) is 2. The number of anilines is 1. The summed E-state index contributed by atoms with van der Waals surface area (Å²) in [7, 11) is -3.61. The number of benzene rings is 2. The van der Waals surface area contributed by atoms with Gasteiger partial charge in [-0.15, -0.1) is 11.3 Å². The molecule has 2 aromatic carbocycles. The molecule has 0 aliphatic heterocycles. The monoisotopic (exact) mass is 453 g/mol. The number of carbonyl (C=O) groups is 1. The lowest BCUT2D eigenvalue weighted by Gasteiger charge is -2.09. The van der Waals surface area contributed by atoms with E-state index in [1.54, 1.807) is 46.7 Å². The maximum atomic E-state index is 12.5. The Morgan fingerprint density at radius 3 is 2.55 bits per heavy atom. The summed E-state index contributed by atoms with van der Waals surface area (Å²) in [6.07, 6.45) is 3.14. The molecule has 0 radical (unpaired) electrons. The highest BCUT2D eigenvalue weighted by molar-refractivity contribution is 7.94. The number of hydrogen-bond donors (Lipinski definition) is 2. The number of thiophene rings is 1. The number of aromatic nitrogens is 3. The van der Waals surface area contributed by atoms with Gasteiger partial charge in [0.1, 0.15) is 16.9 Å². The lowest BCUT2D eigenvalue weighted by Crippen LogP contribution is -2.22. The number of hydrogen-bond acceptors (Lipinski definition) is 6. The molecule has 2 heterocycles. The zero-order chi connectivity index (χ0) is 21.7. The molecule has 10 heteroatoms. The third-order valence-electron chi connectivity index (χ3n) is 4.41. The molecular weight excluding hydrogens is 434 g/mol. The number of rotatable bonds is 8. The predicted molar refractivity (Wildman–Crippen MR) is 118 cm³/mol. The fourth-order valence-corrected chi connectivity index (χ4v) is 4.99. The summed E-state index contributed by atoms with van der Waals surface area (Å²) < 4.78 is 29.0. The molecule has 0 unspecified atom stereocenters. The molecule has 2 N–H and O–H groups in total. The van der Waals surface area contributed by atoms with Crippen molar-refractivity contribution >= 4 is 33.0 Å². The molecule has 8 nitrogen and oxygen atoms in total. The van der Waals surface area contributed by atoms with E-state index in [0.29, 0.717) is 24.3 Å². The van der Waals surface area contributed by atoms with Crippen molar-refractivity contribution in [1.29, 1.82) is 0 Å². The van der Waals surface area contributed by atoms with Crippen LogP contribution >= 0.6 is 11.3 Å². The van der Waals surface area contributed by atoms with Crippen LogP contribution in [0.5, 0.6) is 0 Å². The molecule has 0 saturated carbocycles. The van der Waals surface area contributed by atoms with E-state index >= 15 is 0 Å². The first-order valence-electron chi connectivity index (χ1n) is 9.34. The van der Waals surface area contributed by atoms with Crippen LogP contribution in [0.1, 0.15) is 21.5 Å². The van der Waals surface area contributed by atoms with E-state index in [1.165, 1.54) is 12.4 Å². The molecule has 4 rings (SSSR count). The Morgan fingerprint density at radius 2 is 1.84 bits per heavy atom. The third-order valence-corrected chi connectivity index (χ3v) is 7.19. The maximum Gasteiger partial charge on any atom is 0.271 e. The van der Waals surface area contributed by atoms with Crippen LogP contribution in [0.3, 0.4) is 0 Å². The largest absolute Gasteiger partial charge is 0.348 e. The van der Waals surface area contributed by atoms with Crippen molar-refractivity contribution in [3.63, 3.8) is 0 Å². The van der Waals surface area contributed by atoms with E-state index in [0.717, 1.165) is 22.5 Å². The zero-order valence-corrected chi connectivity index (χ0v) is 17.9. The van der Waals surface area contributed by atoms with Gasteiger partial charge in [0.2, 0.25) is 0 Å². The maximum absolute atomic E-state index is 12.5. The van der Waals surface area contributed by atoms with Gasteiger partial charge in [-0.2, -0.15) is 5.10 Å². The minimum Gasteiger partial charge on any atom is -0.348 e. The van der Waals surface area contributed by atoms with Gasteiger partial charge in [-0.25, -0.2) is 18.1 Å². The summed E-state index contributed by atoms with van der Waals surface area (Å²) in [5.74, 6) is -0.241. The molecule has 158 valence electrons. The highest BCUT2D eigenvalue weighted by Crippen LogP contribution is 2.20. The minimum atomic E-state index is -3.61. The molecule has 0 saturated heterocycles. The zero-order valence-electron chi connectivity index (χ0n) is 16.3. The minimum absolute atomic E-state index is 0.236. The van der Waals surface area contributed by atoms with Crippen LogP contribution in [0, 0.1) is 0 Å². The van der Waals surface area contributed by atoms with Gasteiger partial charge in [-0.1, -0.05) is 30.3 Å². The predicted octanol–water partition coefficient (Wildman–Crippen LogP) is 3.12. The second-order valence-corrected chi connectivity index (χ2v) is 9.57. The molecule has 4 aromatic rings. The van der Waals surface area contributed by atoms with E-state index in [1.807, 2.05) is 24.3 Å². The van der Waals surface area contributed by atoms with Crippen LogP contribution in [0.4, 0.5) is 5.69 Å². The average Bonchev–Trinajstić information content (AvgIpc) is 3.47. The topological polar surface area (TPSA) is 106 Å². The van der Waals surface area contributed by atoms with Crippen molar-refractivity contribution in [3.05, 3.63) is 95.4 Å². The quantitative estimate of drug-likeness (QED) is 0.426. The van der Waals surface area contributed by atoms with Crippen LogP contribution < -0.4 is 10.0 Å². The summed E-state index contributed by atoms with van der Waals surface area (Å²) in [5.41, 5.74) is 2.86.